The molecule has 1 aromatic carbocycles. The molecular formula is C32H41ClFN7O4S. The smallest absolute Gasteiger partial charge is 0.410 e. The van der Waals surface area contributed by atoms with Gasteiger partial charge in [-0.1, -0.05) is 12.1 Å². The average Bonchev–Trinajstić information content (AvgIpc) is 3.70. The first-order valence-electron chi connectivity index (χ1n) is 15.3. The Morgan fingerprint density at radius 3 is 2.59 bits per heavy atom. The van der Waals surface area contributed by atoms with Crippen molar-refractivity contribution in [2.24, 2.45) is 5.92 Å². The molecule has 1 aliphatic carbocycles. The number of nitrogen functional groups attached to an aromatic ring is 1. The van der Waals surface area contributed by atoms with Gasteiger partial charge in [-0.25, -0.2) is 19.2 Å². The molecular weight excluding hydrogens is 633 g/mol. The van der Waals surface area contributed by atoms with Gasteiger partial charge in [0.25, 0.3) is 0 Å². The molecule has 1 aliphatic rings. The fourth-order valence-electron chi connectivity index (χ4n) is 6.03. The number of nitrogens with zero attached hydrogens (tertiary/aromatic N) is 6. The first kappa shape index (κ1) is 34.0. The van der Waals surface area contributed by atoms with Gasteiger partial charge >= 0.3 is 6.09 Å². The van der Waals surface area contributed by atoms with E-state index in [1.807, 2.05) is 44.0 Å². The molecule has 0 aliphatic heterocycles. The van der Waals surface area contributed by atoms with E-state index in [0.717, 1.165) is 16.1 Å². The summed E-state index contributed by atoms with van der Waals surface area (Å²) in [5.74, 6) is -0.297. The topological polar surface area (TPSA) is 143 Å². The lowest BCUT2D eigenvalue weighted by Gasteiger charge is -2.29. The maximum atomic E-state index is 13.3. The highest BCUT2D eigenvalue weighted by Gasteiger charge is 2.43. The first-order valence-corrected chi connectivity index (χ1v) is 16.6. The summed E-state index contributed by atoms with van der Waals surface area (Å²) in [5, 5.41) is 25.5. The minimum absolute atomic E-state index is 0.00236. The van der Waals surface area contributed by atoms with Crippen LogP contribution in [-0.2, 0) is 11.2 Å². The molecule has 4 aromatic rings. The highest BCUT2D eigenvalue weighted by Crippen LogP contribution is 2.42. The van der Waals surface area contributed by atoms with E-state index in [9.17, 15) is 19.4 Å². The molecule has 3 heterocycles. The number of ether oxygens (including phenoxy) is 1. The van der Waals surface area contributed by atoms with E-state index in [-0.39, 0.29) is 22.8 Å². The van der Waals surface area contributed by atoms with E-state index in [0.29, 0.717) is 56.5 Å². The number of anilines is 1. The number of hydrogen-bond acceptors (Lipinski definition) is 10. The van der Waals surface area contributed by atoms with Crippen molar-refractivity contribution in [3.8, 4) is 10.6 Å². The number of carbonyl (C=O) groups is 1. The van der Waals surface area contributed by atoms with Crippen LogP contribution >= 0.6 is 22.9 Å². The number of halogens is 2. The number of aromatic nitrogens is 4. The summed E-state index contributed by atoms with van der Waals surface area (Å²) >= 11 is 7.64. The van der Waals surface area contributed by atoms with Gasteiger partial charge in [0, 0.05) is 48.9 Å². The van der Waals surface area contributed by atoms with E-state index in [1.54, 1.807) is 23.2 Å². The molecule has 1 saturated carbocycles. The van der Waals surface area contributed by atoms with Gasteiger partial charge < -0.3 is 35.1 Å². The predicted molar refractivity (Wildman–Crippen MR) is 177 cm³/mol. The summed E-state index contributed by atoms with van der Waals surface area (Å²) in [6.45, 7) is 7.59. The molecule has 46 heavy (non-hydrogen) atoms. The first-order chi connectivity index (χ1) is 21.8. The Morgan fingerprint density at radius 2 is 1.91 bits per heavy atom. The Morgan fingerprint density at radius 1 is 1.17 bits per heavy atom. The lowest BCUT2D eigenvalue weighted by molar-refractivity contribution is 0.00142. The zero-order valence-corrected chi connectivity index (χ0v) is 28.0. The monoisotopic (exact) mass is 673 g/mol. The van der Waals surface area contributed by atoms with Crippen molar-refractivity contribution in [2.75, 3.05) is 39.0 Å². The van der Waals surface area contributed by atoms with Gasteiger partial charge in [0.15, 0.2) is 0 Å². The van der Waals surface area contributed by atoms with Crippen LogP contribution in [0.2, 0.25) is 5.28 Å². The van der Waals surface area contributed by atoms with Crippen LogP contribution in [0.15, 0.2) is 42.0 Å². The van der Waals surface area contributed by atoms with E-state index >= 15 is 0 Å². The highest BCUT2D eigenvalue weighted by atomic mass is 35.5. The summed E-state index contributed by atoms with van der Waals surface area (Å²) in [4.78, 5) is 29.8. The number of aliphatic hydroxyl groups is 2. The fourth-order valence-corrected chi connectivity index (χ4v) is 6.86. The number of rotatable bonds is 11. The molecule has 248 valence electrons. The summed E-state index contributed by atoms with van der Waals surface area (Å²) in [6.07, 6.45) is 2.90. The van der Waals surface area contributed by atoms with Gasteiger partial charge in [-0.3, -0.25) is 0 Å². The van der Waals surface area contributed by atoms with Gasteiger partial charge in [0.2, 0.25) is 5.28 Å². The molecule has 11 nitrogen and oxygen atoms in total. The molecule has 4 N–H and O–H groups in total. The standard InChI is InChI=1S/C32H41ClFN7O4S/c1-32(2,3)45-31(44)40(14-10-19-6-8-21(34)9-7-19)13-5-12-39(4)17-20-16-23(26(43)25(20)42)41-18-22(29-36-11-15-46-29)24-27(35)37-30(33)38-28(24)41/h6-9,11,15,18,20,23,25-26,42-43H,5,10,12-14,16-17H2,1-4H3,(H2,35,37,38)/t20-,23-,25-,26+/m1/s1. The second-order valence-electron chi connectivity index (χ2n) is 12.9. The van der Waals surface area contributed by atoms with Gasteiger partial charge in [-0.15, -0.1) is 11.3 Å². The number of thiazole rings is 1. The van der Waals surface area contributed by atoms with Gasteiger partial charge in [-0.05, 0) is 82.9 Å². The molecule has 0 bridgehead atoms. The van der Waals surface area contributed by atoms with E-state index in [2.05, 4.69) is 19.9 Å². The molecule has 14 heteroatoms. The second-order valence-corrected chi connectivity index (χ2v) is 14.1. The molecule has 0 unspecified atom stereocenters. The Bertz CT molecular complexity index is 1630. The Hall–Kier alpha value is -3.36. The third kappa shape index (κ3) is 7.95. The number of aliphatic hydroxyl groups excluding tert-OH is 2. The number of fused-ring (bicyclic) bond motifs is 1. The van der Waals surface area contributed by atoms with Crippen molar-refractivity contribution in [1.82, 2.24) is 29.3 Å². The summed E-state index contributed by atoms with van der Waals surface area (Å²) in [7, 11) is 1.96. The van der Waals surface area contributed by atoms with Gasteiger partial charge in [0.1, 0.15) is 34.0 Å². The maximum Gasteiger partial charge on any atom is 0.410 e. The zero-order chi connectivity index (χ0) is 33.2. The number of carbonyl (C=O) groups excluding carboxylic acids is 1. The molecule has 0 saturated heterocycles. The molecule has 1 fully saturated rings. The summed E-state index contributed by atoms with van der Waals surface area (Å²) in [5.41, 5.74) is 7.79. The van der Waals surface area contributed by atoms with Crippen molar-refractivity contribution in [3.05, 3.63) is 58.7 Å². The minimum atomic E-state index is -1.04. The predicted octanol–water partition coefficient (Wildman–Crippen LogP) is 5.01. The zero-order valence-electron chi connectivity index (χ0n) is 26.4. The molecule has 4 atom stereocenters. The van der Waals surface area contributed by atoms with E-state index in [1.165, 1.54) is 23.5 Å². The van der Waals surface area contributed by atoms with E-state index < -0.39 is 29.9 Å². The third-order valence-electron chi connectivity index (χ3n) is 8.21. The van der Waals surface area contributed by atoms with Crippen LogP contribution in [0.4, 0.5) is 15.0 Å². The number of benzene rings is 1. The van der Waals surface area contributed by atoms with Crippen molar-refractivity contribution >= 4 is 45.9 Å². The second kappa shape index (κ2) is 14.2. The van der Waals surface area contributed by atoms with Gasteiger partial charge in [-0.2, -0.15) is 4.98 Å². The Kier molecular flexibility index (Phi) is 10.5. The number of nitrogens with two attached hydrogens (primary N) is 1. The maximum absolute atomic E-state index is 13.3. The fraction of sp³-hybridized carbons (Fsp3) is 0.500. The van der Waals surface area contributed by atoms with Crippen LogP contribution in [0.25, 0.3) is 21.6 Å². The van der Waals surface area contributed by atoms with Crippen molar-refractivity contribution < 1.29 is 24.1 Å². The molecule has 3 aromatic heterocycles. The average molecular weight is 674 g/mol. The van der Waals surface area contributed by atoms with Crippen molar-refractivity contribution in [1.29, 1.82) is 0 Å². The number of amides is 1. The minimum Gasteiger partial charge on any atom is -0.444 e. The number of hydrogen-bond donors (Lipinski definition) is 3. The van der Waals surface area contributed by atoms with Crippen molar-refractivity contribution in [2.45, 2.75) is 63.9 Å². The highest BCUT2D eigenvalue weighted by molar-refractivity contribution is 7.13. The summed E-state index contributed by atoms with van der Waals surface area (Å²) in [6, 6.07) is 5.80. The van der Waals surface area contributed by atoms with Crippen LogP contribution in [0.3, 0.4) is 0 Å². The lowest BCUT2D eigenvalue weighted by atomic mass is 10.0. The Labute approximate surface area is 276 Å². The largest absolute Gasteiger partial charge is 0.444 e. The lowest BCUT2D eigenvalue weighted by Crippen LogP contribution is -2.40. The summed E-state index contributed by atoms with van der Waals surface area (Å²) < 4.78 is 20.8. The molecule has 0 spiro atoms. The molecule has 5 rings (SSSR count). The van der Waals surface area contributed by atoms with E-state index in [4.69, 9.17) is 22.1 Å². The van der Waals surface area contributed by atoms with Crippen LogP contribution < -0.4 is 5.73 Å². The third-order valence-corrected chi connectivity index (χ3v) is 9.19. The van der Waals surface area contributed by atoms with Crippen LogP contribution in [-0.4, -0.2) is 96.7 Å². The normalized spacial score (nSPS) is 20.1. The molecule has 0 radical (unpaired) electrons. The Balaban J connectivity index is 1.23. The quantitative estimate of drug-likeness (QED) is 0.187. The SMILES string of the molecule is CN(CCCN(CCc1ccc(F)cc1)C(=O)OC(C)(C)C)C[C@H]1C[C@@H](n2cc(-c3nccs3)c3c(N)nc(Cl)nc32)[C@H](O)[C@@H]1O. The van der Waals surface area contributed by atoms with Crippen LogP contribution in [0.1, 0.15) is 45.2 Å². The van der Waals surface area contributed by atoms with Gasteiger partial charge in [0.05, 0.1) is 17.5 Å². The van der Waals surface area contributed by atoms with Crippen molar-refractivity contribution in [3.63, 3.8) is 0 Å². The van der Waals surface area contributed by atoms with Crippen LogP contribution in [0, 0.1) is 11.7 Å². The molecule has 1 amide bonds. The van der Waals surface area contributed by atoms with Crippen LogP contribution in [0.5, 0.6) is 0 Å².